The van der Waals surface area contributed by atoms with Gasteiger partial charge < -0.3 is 10.2 Å². The second-order valence-electron chi connectivity index (χ2n) is 5.66. The molecule has 2 aromatic heterocycles. The van der Waals surface area contributed by atoms with Crippen molar-refractivity contribution in [3.63, 3.8) is 0 Å². The van der Waals surface area contributed by atoms with Gasteiger partial charge in [0.05, 0.1) is 9.85 Å². The number of hydrogen-bond donors (Lipinski definition) is 0. The number of nitrogens with zero attached hydrogens (tertiary/aromatic N) is 2. The number of aromatic nitrogens is 2. The molecular formula is C22H20MgN4O6+2. The largest absolute Gasteiger partial charge is 2.00 e. The zero-order valence-corrected chi connectivity index (χ0v) is 18.9. The van der Waals surface area contributed by atoms with Gasteiger partial charge in [-0.05, 0) is 0 Å². The van der Waals surface area contributed by atoms with Gasteiger partial charge in [0, 0.05) is 48.5 Å². The summed E-state index contributed by atoms with van der Waals surface area (Å²) >= 11 is 0. The number of rotatable bonds is 2. The Balaban J connectivity index is 0.000000420. The summed E-state index contributed by atoms with van der Waals surface area (Å²) < 4.78 is 0. The molecule has 0 amide bonds. The Kier molecular flexibility index (Phi) is 15.4. The number of H-pyrrole nitrogens is 2. The minimum absolute atomic E-state index is 0. The third-order valence-corrected chi connectivity index (χ3v) is 3.31. The third kappa shape index (κ3) is 14.5. The maximum absolute atomic E-state index is 10.4. The summed E-state index contributed by atoms with van der Waals surface area (Å²) in [7, 11) is 0. The van der Waals surface area contributed by atoms with Crippen LogP contribution in [0.2, 0.25) is 0 Å². The fraction of sp³-hybridized carbons (Fsp3) is 0. The molecule has 4 rings (SSSR count). The van der Waals surface area contributed by atoms with E-state index in [1.165, 1.54) is 24.3 Å². The van der Waals surface area contributed by atoms with E-state index < -0.39 is 9.85 Å². The van der Waals surface area contributed by atoms with E-state index in [0.717, 1.165) is 24.3 Å². The van der Waals surface area contributed by atoms with Crippen LogP contribution in [-0.2, 0) is 0 Å². The Morgan fingerprint density at radius 1 is 0.515 bits per heavy atom. The number of non-ortho nitro benzene ring substituents is 2. The van der Waals surface area contributed by atoms with Crippen molar-refractivity contribution < 1.29 is 30.0 Å². The molecule has 0 fully saturated rings. The number of nitro benzene ring substituents is 2. The van der Waals surface area contributed by atoms with Crippen LogP contribution in [0.25, 0.3) is 0 Å². The second kappa shape index (κ2) is 17.6. The molecule has 11 heteroatoms. The predicted molar refractivity (Wildman–Crippen MR) is 117 cm³/mol. The van der Waals surface area contributed by atoms with Gasteiger partial charge in [-0.15, -0.1) is 11.5 Å². The van der Waals surface area contributed by atoms with Gasteiger partial charge >= 0.3 is 23.1 Å². The van der Waals surface area contributed by atoms with Crippen molar-refractivity contribution in [2.45, 2.75) is 0 Å². The van der Waals surface area contributed by atoms with Crippen molar-refractivity contribution in [1.82, 2.24) is 0 Å². The van der Waals surface area contributed by atoms with Crippen LogP contribution in [0.3, 0.4) is 0 Å². The van der Waals surface area contributed by atoms with Crippen molar-refractivity contribution in [3.8, 4) is 11.5 Å². The Bertz CT molecular complexity index is 898. The van der Waals surface area contributed by atoms with Crippen LogP contribution in [-0.4, -0.2) is 32.9 Å². The maximum atomic E-state index is 10.4. The first-order valence-electron chi connectivity index (χ1n) is 9.05. The van der Waals surface area contributed by atoms with Gasteiger partial charge in [-0.1, -0.05) is 36.4 Å². The Labute approximate surface area is 205 Å². The zero-order valence-electron chi connectivity index (χ0n) is 17.4. The second-order valence-corrected chi connectivity index (χ2v) is 5.66. The smallest absolute Gasteiger partial charge is 0.872 e. The summed E-state index contributed by atoms with van der Waals surface area (Å²) in [5.41, 5.74) is -0.112. The SMILES string of the molecule is O=[N+]([O-])c1ccc([O-])cc1.O=[N+]([O-])c1ccc([O-])cc1.[Mg+2].c1cc[nH+]cc1.c1cc[nH+]cc1. The standard InChI is InChI=1S/2C6H5NO3.2C5H5N.Mg/c2*8-6-3-1-5(2-4-6)7(9)10;2*1-2-4-6-5-3-1;/h2*1-4,8H;2*1-5H;/q;;;;+2. The first-order chi connectivity index (χ1) is 15.4. The quantitative estimate of drug-likeness (QED) is 0.252. The first-order valence-corrected chi connectivity index (χ1v) is 9.05. The van der Waals surface area contributed by atoms with E-state index in [2.05, 4.69) is 9.97 Å². The molecule has 10 nitrogen and oxygen atoms in total. The summed E-state index contributed by atoms with van der Waals surface area (Å²) in [4.78, 5) is 24.7. The van der Waals surface area contributed by atoms with Crippen LogP contribution >= 0.6 is 0 Å². The topological polar surface area (TPSA) is 161 Å². The molecule has 2 heterocycles. The number of hydrogen-bond acceptors (Lipinski definition) is 6. The van der Waals surface area contributed by atoms with E-state index in [1.807, 2.05) is 61.2 Å². The van der Waals surface area contributed by atoms with Gasteiger partial charge in [0.15, 0.2) is 24.8 Å². The Morgan fingerprint density at radius 2 is 0.788 bits per heavy atom. The van der Waals surface area contributed by atoms with Crippen molar-refractivity contribution in [2.75, 3.05) is 0 Å². The molecule has 0 spiro atoms. The van der Waals surface area contributed by atoms with Gasteiger partial charge in [0.2, 0.25) is 0 Å². The third-order valence-electron chi connectivity index (χ3n) is 3.31. The van der Waals surface area contributed by atoms with Crippen LogP contribution < -0.4 is 20.2 Å². The molecule has 0 radical (unpaired) electrons. The fourth-order valence-corrected chi connectivity index (χ4v) is 1.82. The van der Waals surface area contributed by atoms with Crippen molar-refractivity contribution in [1.29, 1.82) is 0 Å². The minimum atomic E-state index is -0.542. The summed E-state index contributed by atoms with van der Waals surface area (Å²) in [5, 5.41) is 40.9. The normalized spacial score (nSPS) is 8.48. The molecule has 0 aliphatic carbocycles. The molecule has 2 N–H and O–H groups in total. The Morgan fingerprint density at radius 3 is 0.939 bits per heavy atom. The average molecular weight is 461 g/mol. The van der Waals surface area contributed by atoms with E-state index in [0.29, 0.717) is 0 Å². The molecule has 0 saturated heterocycles. The van der Waals surface area contributed by atoms with E-state index in [1.54, 1.807) is 0 Å². The van der Waals surface area contributed by atoms with Crippen molar-refractivity contribution in [2.24, 2.45) is 0 Å². The summed E-state index contributed by atoms with van der Waals surface area (Å²) in [6, 6.07) is 21.1. The fourth-order valence-electron chi connectivity index (χ4n) is 1.82. The van der Waals surface area contributed by atoms with Crippen LogP contribution in [0.1, 0.15) is 0 Å². The van der Waals surface area contributed by atoms with E-state index in [9.17, 15) is 30.4 Å². The molecule has 2 aromatic carbocycles. The predicted octanol–water partition coefficient (Wildman–Crippen LogP) is 1.96. The van der Waals surface area contributed by atoms with E-state index in [4.69, 9.17) is 0 Å². The Hall–Kier alpha value is -4.09. The number of aromatic amines is 2. The van der Waals surface area contributed by atoms with Crippen LogP contribution in [0.4, 0.5) is 11.4 Å². The minimum Gasteiger partial charge on any atom is -0.872 e. The van der Waals surface area contributed by atoms with E-state index >= 15 is 0 Å². The number of nitrogens with one attached hydrogen (secondary N) is 2. The number of benzene rings is 2. The maximum Gasteiger partial charge on any atom is 2.00 e. The molecule has 0 aliphatic heterocycles. The van der Waals surface area contributed by atoms with Gasteiger partial charge in [-0.2, -0.15) is 0 Å². The first kappa shape index (κ1) is 28.9. The van der Waals surface area contributed by atoms with E-state index in [-0.39, 0.29) is 45.9 Å². The number of nitro groups is 2. The molecule has 0 unspecified atom stereocenters. The van der Waals surface area contributed by atoms with Crippen molar-refractivity contribution >= 4 is 34.4 Å². The van der Waals surface area contributed by atoms with Crippen LogP contribution in [0, 0.1) is 20.2 Å². The molecule has 0 saturated carbocycles. The van der Waals surface area contributed by atoms with Crippen LogP contribution in [0.15, 0.2) is 110 Å². The van der Waals surface area contributed by atoms with Crippen molar-refractivity contribution in [3.05, 3.63) is 130 Å². The molecule has 164 valence electrons. The molecule has 33 heavy (non-hydrogen) atoms. The monoisotopic (exact) mass is 460 g/mol. The molecule has 4 aromatic rings. The molecule has 0 bridgehead atoms. The van der Waals surface area contributed by atoms with Gasteiger partial charge in [-0.3, -0.25) is 20.2 Å². The summed E-state index contributed by atoms with van der Waals surface area (Å²) in [6.45, 7) is 0. The summed E-state index contributed by atoms with van der Waals surface area (Å²) in [5.74, 6) is -0.434. The van der Waals surface area contributed by atoms with Crippen LogP contribution in [0.5, 0.6) is 11.5 Å². The average Bonchev–Trinajstić information content (AvgIpc) is 2.83. The molecular weight excluding hydrogens is 441 g/mol. The van der Waals surface area contributed by atoms with Gasteiger partial charge in [-0.25, -0.2) is 9.97 Å². The molecule has 0 atom stereocenters. The molecule has 0 aliphatic rings. The number of pyridine rings is 2. The zero-order chi connectivity index (χ0) is 23.6. The van der Waals surface area contributed by atoms with Gasteiger partial charge in [0.1, 0.15) is 0 Å². The summed E-state index contributed by atoms with van der Waals surface area (Å²) in [6.07, 6.45) is 7.50. The van der Waals surface area contributed by atoms with Gasteiger partial charge in [0.25, 0.3) is 11.4 Å².